The van der Waals surface area contributed by atoms with Crippen LogP contribution < -0.4 is 19.8 Å². The van der Waals surface area contributed by atoms with Crippen molar-refractivity contribution in [2.24, 2.45) is 0 Å². The molecule has 0 aliphatic carbocycles. The number of anilines is 1. The molecule has 0 saturated heterocycles. The fraction of sp³-hybridized carbons (Fsp3) is 0.290. The zero-order chi connectivity index (χ0) is 26.3. The molecule has 0 bridgehead atoms. The summed E-state index contributed by atoms with van der Waals surface area (Å²) in [4.78, 5) is 29.4. The second kappa shape index (κ2) is 9.77. The maximum absolute atomic E-state index is 13.9. The minimum atomic E-state index is -0.675. The van der Waals surface area contributed by atoms with Gasteiger partial charge >= 0.3 is 0 Å². The number of hydrogen-bond donors (Lipinski definition) is 0. The van der Waals surface area contributed by atoms with Gasteiger partial charge < -0.3 is 13.9 Å². The predicted molar refractivity (Wildman–Crippen MR) is 145 cm³/mol. The first-order chi connectivity index (χ1) is 17.8. The van der Waals surface area contributed by atoms with Crippen LogP contribution in [0.4, 0.5) is 5.69 Å². The Bertz CT molecular complexity index is 1550. The minimum absolute atomic E-state index is 0.0774. The van der Waals surface area contributed by atoms with Gasteiger partial charge in [-0.3, -0.25) is 14.5 Å². The van der Waals surface area contributed by atoms with E-state index in [1.807, 2.05) is 75.4 Å². The van der Waals surface area contributed by atoms with Gasteiger partial charge in [0.2, 0.25) is 5.76 Å². The Hall–Kier alpha value is -4.06. The van der Waals surface area contributed by atoms with E-state index < -0.39 is 6.04 Å². The van der Waals surface area contributed by atoms with E-state index in [0.29, 0.717) is 40.3 Å². The Balaban J connectivity index is 1.72. The molecule has 6 heteroatoms. The van der Waals surface area contributed by atoms with Crippen molar-refractivity contribution in [3.8, 4) is 11.5 Å². The molecule has 37 heavy (non-hydrogen) atoms. The van der Waals surface area contributed by atoms with E-state index in [1.165, 1.54) is 0 Å². The quantitative estimate of drug-likeness (QED) is 0.267. The summed E-state index contributed by atoms with van der Waals surface area (Å²) >= 11 is 0. The topological polar surface area (TPSA) is 69.0 Å². The highest BCUT2D eigenvalue weighted by Gasteiger charge is 2.44. The van der Waals surface area contributed by atoms with Gasteiger partial charge in [-0.25, -0.2) is 0 Å². The smallest absolute Gasteiger partial charge is 0.295 e. The van der Waals surface area contributed by atoms with Crippen LogP contribution in [0, 0.1) is 20.8 Å². The number of nitrogens with zero attached hydrogens (tertiary/aromatic N) is 1. The Labute approximate surface area is 216 Å². The lowest BCUT2D eigenvalue weighted by Crippen LogP contribution is -2.29. The number of methoxy groups -OCH3 is 1. The summed E-state index contributed by atoms with van der Waals surface area (Å²) < 4.78 is 17.7. The van der Waals surface area contributed by atoms with Crippen LogP contribution in [0.5, 0.6) is 11.5 Å². The number of benzene rings is 3. The Morgan fingerprint density at radius 1 is 0.919 bits per heavy atom. The Morgan fingerprint density at radius 3 is 2.35 bits per heavy atom. The molecule has 0 radical (unpaired) electrons. The Morgan fingerprint density at radius 2 is 1.65 bits per heavy atom. The highest BCUT2D eigenvalue weighted by atomic mass is 16.5. The van der Waals surface area contributed by atoms with Crippen molar-refractivity contribution in [1.82, 2.24) is 0 Å². The van der Waals surface area contributed by atoms with E-state index in [4.69, 9.17) is 13.9 Å². The molecule has 2 heterocycles. The number of carbonyl (C=O) groups is 1. The van der Waals surface area contributed by atoms with Crippen LogP contribution >= 0.6 is 0 Å². The van der Waals surface area contributed by atoms with Crippen molar-refractivity contribution in [1.29, 1.82) is 0 Å². The lowest BCUT2D eigenvalue weighted by molar-refractivity contribution is 0.0971. The number of carbonyl (C=O) groups excluding carboxylic acids is 1. The summed E-state index contributed by atoms with van der Waals surface area (Å²) in [5.41, 5.74) is 5.04. The monoisotopic (exact) mass is 497 g/mol. The van der Waals surface area contributed by atoms with Crippen molar-refractivity contribution in [2.45, 2.75) is 46.6 Å². The number of ether oxygens (including phenoxy) is 2. The van der Waals surface area contributed by atoms with Gasteiger partial charge in [-0.15, -0.1) is 0 Å². The largest absolute Gasteiger partial charge is 0.493 e. The van der Waals surface area contributed by atoms with Crippen LogP contribution in [0.3, 0.4) is 0 Å². The molecule has 1 unspecified atom stereocenters. The fourth-order valence-electron chi connectivity index (χ4n) is 4.82. The standard InChI is InChI=1S/C31H31NO5/c1-6-7-14-36-24-13-10-21(17-26(24)35-5)28-27-29(33)23-15-19(3)20(4)16-25(23)37-30(27)31(34)32(28)22-11-8-18(2)9-12-22/h8-13,15-17,28H,6-7,14H2,1-5H3. The molecule has 1 amide bonds. The molecular weight excluding hydrogens is 466 g/mol. The van der Waals surface area contributed by atoms with E-state index in [0.717, 1.165) is 35.1 Å². The van der Waals surface area contributed by atoms with Crippen molar-refractivity contribution < 1.29 is 18.7 Å². The number of hydrogen-bond acceptors (Lipinski definition) is 5. The van der Waals surface area contributed by atoms with Crippen molar-refractivity contribution in [3.63, 3.8) is 0 Å². The first-order valence-corrected chi connectivity index (χ1v) is 12.6. The molecule has 1 atom stereocenters. The summed E-state index contributed by atoms with van der Waals surface area (Å²) in [5.74, 6) is 0.912. The zero-order valence-corrected chi connectivity index (χ0v) is 21.9. The number of aryl methyl sites for hydroxylation is 3. The van der Waals surface area contributed by atoms with Gasteiger partial charge in [0.25, 0.3) is 5.91 Å². The molecule has 0 saturated carbocycles. The van der Waals surface area contributed by atoms with Gasteiger partial charge in [-0.05, 0) is 80.3 Å². The molecule has 1 aliphatic heterocycles. The summed E-state index contributed by atoms with van der Waals surface area (Å²) in [5, 5.41) is 0.469. The molecular formula is C31H31NO5. The molecule has 190 valence electrons. The average Bonchev–Trinajstić information content (AvgIpc) is 3.18. The van der Waals surface area contributed by atoms with E-state index in [9.17, 15) is 9.59 Å². The molecule has 4 aromatic rings. The van der Waals surface area contributed by atoms with E-state index in [-0.39, 0.29) is 17.1 Å². The second-order valence-electron chi connectivity index (χ2n) is 9.63. The van der Waals surface area contributed by atoms with E-state index in [1.54, 1.807) is 12.0 Å². The normalized spacial score (nSPS) is 14.8. The minimum Gasteiger partial charge on any atom is -0.493 e. The van der Waals surface area contributed by atoms with Crippen LogP contribution in [-0.4, -0.2) is 19.6 Å². The molecule has 1 aliphatic rings. The van der Waals surface area contributed by atoms with Gasteiger partial charge in [0, 0.05) is 5.69 Å². The van der Waals surface area contributed by atoms with Gasteiger partial charge in [0.15, 0.2) is 16.9 Å². The predicted octanol–water partition coefficient (Wildman–Crippen LogP) is 6.66. The van der Waals surface area contributed by atoms with Crippen LogP contribution in [0.2, 0.25) is 0 Å². The maximum atomic E-state index is 13.9. The number of fused-ring (bicyclic) bond motifs is 2. The third kappa shape index (κ3) is 4.26. The highest BCUT2D eigenvalue weighted by molar-refractivity contribution is 6.10. The van der Waals surface area contributed by atoms with Gasteiger partial charge in [0.1, 0.15) is 5.58 Å². The third-order valence-corrected chi connectivity index (χ3v) is 7.06. The lowest BCUT2D eigenvalue weighted by Gasteiger charge is -2.26. The van der Waals surface area contributed by atoms with E-state index >= 15 is 0 Å². The molecule has 0 spiro atoms. The first kappa shape index (κ1) is 24.6. The van der Waals surface area contributed by atoms with Crippen molar-refractivity contribution >= 4 is 22.6 Å². The number of rotatable bonds is 7. The van der Waals surface area contributed by atoms with Gasteiger partial charge in [-0.2, -0.15) is 0 Å². The third-order valence-electron chi connectivity index (χ3n) is 7.06. The van der Waals surface area contributed by atoms with Crippen LogP contribution in [-0.2, 0) is 0 Å². The van der Waals surface area contributed by atoms with Crippen molar-refractivity contribution in [2.75, 3.05) is 18.6 Å². The summed E-state index contributed by atoms with van der Waals surface area (Å²) in [6.45, 7) is 8.61. The average molecular weight is 498 g/mol. The Kier molecular flexibility index (Phi) is 6.50. The molecule has 0 fully saturated rings. The molecule has 6 nitrogen and oxygen atoms in total. The van der Waals surface area contributed by atoms with E-state index in [2.05, 4.69) is 6.92 Å². The second-order valence-corrected chi connectivity index (χ2v) is 9.63. The SMILES string of the molecule is CCCCOc1ccc(C2c3c(oc4cc(C)c(C)cc4c3=O)C(=O)N2c2ccc(C)cc2)cc1OC. The van der Waals surface area contributed by atoms with Crippen molar-refractivity contribution in [3.05, 3.63) is 98.4 Å². The molecule has 3 aromatic carbocycles. The summed E-state index contributed by atoms with van der Waals surface area (Å²) in [6.07, 6.45) is 1.96. The molecule has 5 rings (SSSR count). The van der Waals surface area contributed by atoms with Gasteiger partial charge in [0.05, 0.1) is 30.7 Å². The lowest BCUT2D eigenvalue weighted by atomic mass is 9.96. The maximum Gasteiger partial charge on any atom is 0.295 e. The van der Waals surface area contributed by atoms with Crippen LogP contribution in [0.15, 0.2) is 63.8 Å². The molecule has 0 N–H and O–H groups in total. The summed E-state index contributed by atoms with van der Waals surface area (Å²) in [7, 11) is 1.59. The summed E-state index contributed by atoms with van der Waals surface area (Å²) in [6, 6.07) is 16.3. The van der Waals surface area contributed by atoms with Crippen LogP contribution in [0.1, 0.15) is 64.2 Å². The first-order valence-electron chi connectivity index (χ1n) is 12.6. The van der Waals surface area contributed by atoms with Gasteiger partial charge in [-0.1, -0.05) is 37.1 Å². The molecule has 1 aromatic heterocycles. The fourth-order valence-corrected chi connectivity index (χ4v) is 4.82. The van der Waals surface area contributed by atoms with Crippen LogP contribution in [0.25, 0.3) is 11.0 Å². The number of unbranched alkanes of at least 4 members (excludes halogenated alkanes) is 1. The number of amides is 1. The zero-order valence-electron chi connectivity index (χ0n) is 21.9. The highest BCUT2D eigenvalue weighted by Crippen LogP contribution is 2.43.